The van der Waals surface area contributed by atoms with E-state index in [-0.39, 0.29) is 36.2 Å². The van der Waals surface area contributed by atoms with Crippen LogP contribution in [0, 0.1) is 0 Å². The first kappa shape index (κ1) is 14.6. The first-order valence-corrected chi connectivity index (χ1v) is 8.83. The van der Waals surface area contributed by atoms with Gasteiger partial charge < -0.3 is 0 Å². The average Bonchev–Trinajstić information content (AvgIpc) is 1.61. The van der Waals surface area contributed by atoms with E-state index < -0.39 is 16.8 Å². The van der Waals surface area contributed by atoms with Crippen LogP contribution in [0.4, 0.5) is 0 Å². The Morgan fingerprint density at radius 3 is 1.73 bits per heavy atom. The number of rotatable bonds is 3. The van der Waals surface area contributed by atoms with Crippen LogP contribution in [0.2, 0.25) is 19.6 Å². The molecule has 11 heavy (non-hydrogen) atoms. The third-order valence-corrected chi connectivity index (χ3v) is 7.92. The second-order valence-electron chi connectivity index (χ2n) is 2.97. The van der Waals surface area contributed by atoms with E-state index in [1.165, 1.54) is 0 Å². The third-order valence-electron chi connectivity index (χ3n) is 1.02. The summed E-state index contributed by atoms with van der Waals surface area (Å²) in [6.07, 6.45) is 0. The van der Waals surface area contributed by atoms with E-state index >= 15 is 0 Å². The van der Waals surface area contributed by atoms with Crippen LogP contribution in [-0.4, -0.2) is 51.8 Å². The van der Waals surface area contributed by atoms with Crippen LogP contribution in [-0.2, 0) is 13.8 Å². The number of hydrogen-bond acceptors (Lipinski definition) is 3. The van der Waals surface area contributed by atoms with Gasteiger partial charge in [0.05, 0.1) is 6.61 Å². The van der Waals surface area contributed by atoms with Gasteiger partial charge in [0.25, 0.3) is 0 Å². The molecule has 0 saturated carbocycles. The molecule has 0 rings (SSSR count). The predicted molar refractivity (Wildman–Crippen MR) is 51.0 cm³/mol. The molecule has 0 unspecified atom stereocenters. The first-order chi connectivity index (χ1) is 4.31. The molecule has 0 spiro atoms. The Bertz CT molecular complexity index is 194. The van der Waals surface area contributed by atoms with Crippen molar-refractivity contribution in [3.63, 3.8) is 0 Å². The maximum atomic E-state index is 11.1. The van der Waals surface area contributed by atoms with Crippen molar-refractivity contribution < 1.29 is 12.6 Å². The summed E-state index contributed by atoms with van der Waals surface area (Å²) in [6.45, 7) is 7.16. The Morgan fingerprint density at radius 2 is 1.64 bits per heavy atom. The van der Waals surface area contributed by atoms with Crippen molar-refractivity contribution in [2.75, 3.05) is 6.61 Å². The quantitative estimate of drug-likeness (QED) is 0.633. The molecule has 0 bridgehead atoms. The van der Waals surface area contributed by atoms with Gasteiger partial charge in [-0.25, -0.2) is 8.42 Å². The normalized spacial score (nSPS) is 12.4. The summed E-state index contributed by atoms with van der Waals surface area (Å²) in [5, 5.41) is 0. The predicted octanol–water partition coefficient (Wildman–Crippen LogP) is 0.539. The van der Waals surface area contributed by atoms with E-state index in [2.05, 4.69) is 4.18 Å². The molecule has 0 heterocycles. The Balaban J connectivity index is 0. The van der Waals surface area contributed by atoms with Gasteiger partial charge in [-0.05, 0) is 6.92 Å². The van der Waals surface area contributed by atoms with E-state index in [1.54, 1.807) is 26.6 Å². The zero-order valence-corrected chi connectivity index (χ0v) is 8.66. The van der Waals surface area contributed by atoms with E-state index in [0.29, 0.717) is 0 Å². The molecule has 0 aliphatic heterocycles. The topological polar surface area (TPSA) is 43.4 Å². The molecule has 0 aromatic rings. The zero-order chi connectivity index (χ0) is 8.41. The molecule has 0 aliphatic rings. The van der Waals surface area contributed by atoms with Crippen molar-refractivity contribution in [3.05, 3.63) is 0 Å². The van der Waals surface area contributed by atoms with Crippen LogP contribution >= 0.6 is 0 Å². The maximum absolute atomic E-state index is 11.1. The summed E-state index contributed by atoms with van der Waals surface area (Å²) in [6, 6.07) is 0. The Kier molecular flexibility index (Phi) is 6.64. The van der Waals surface area contributed by atoms with Gasteiger partial charge in [0.2, 0.25) is 16.8 Å². The molecule has 0 fully saturated rings. The summed E-state index contributed by atoms with van der Waals surface area (Å²) in [5.74, 6) is 0. The molecule has 0 radical (unpaired) electrons. The molecular formula is C5H15NaO3SSi. The Labute approximate surface area is 91.6 Å². The second kappa shape index (κ2) is 4.99. The van der Waals surface area contributed by atoms with Crippen LogP contribution in [0.5, 0.6) is 0 Å². The van der Waals surface area contributed by atoms with Gasteiger partial charge >= 0.3 is 29.6 Å². The summed E-state index contributed by atoms with van der Waals surface area (Å²) in [5.41, 5.74) is 0. The van der Waals surface area contributed by atoms with Crippen LogP contribution < -0.4 is 0 Å². The minimum absolute atomic E-state index is 0. The van der Waals surface area contributed by atoms with Crippen molar-refractivity contribution in [3.8, 4) is 0 Å². The third kappa shape index (κ3) is 4.64. The molecular weight excluding hydrogens is 191 g/mol. The molecule has 64 valence electrons. The molecule has 0 amide bonds. The summed E-state index contributed by atoms with van der Waals surface area (Å²) < 4.78 is 26.8. The fourth-order valence-electron chi connectivity index (χ4n) is 0.332. The Hall–Kier alpha value is 1.13. The van der Waals surface area contributed by atoms with Gasteiger partial charge in [-0.2, -0.15) is 0 Å². The van der Waals surface area contributed by atoms with E-state index in [9.17, 15) is 8.42 Å². The first-order valence-electron chi connectivity index (χ1n) is 3.20. The van der Waals surface area contributed by atoms with Gasteiger partial charge in [-0.3, -0.25) is 4.18 Å². The van der Waals surface area contributed by atoms with E-state index in [0.717, 1.165) is 0 Å². The summed E-state index contributed by atoms with van der Waals surface area (Å²) in [4.78, 5) is 0. The molecule has 0 aliphatic carbocycles. The monoisotopic (exact) mass is 206 g/mol. The van der Waals surface area contributed by atoms with Crippen molar-refractivity contribution in [2.24, 2.45) is 0 Å². The minimum atomic E-state index is -3.21. The van der Waals surface area contributed by atoms with Gasteiger partial charge in [0, 0.05) is 0 Å². The van der Waals surface area contributed by atoms with Crippen LogP contribution in [0.15, 0.2) is 0 Å². The average molecular weight is 206 g/mol. The van der Waals surface area contributed by atoms with Crippen molar-refractivity contribution in [1.29, 1.82) is 0 Å². The zero-order valence-electron chi connectivity index (χ0n) is 6.84. The SMILES string of the molecule is CCOS(=O)(=O)[Si](C)(C)C.[NaH]. The molecule has 0 aromatic heterocycles. The van der Waals surface area contributed by atoms with E-state index in [1.807, 2.05) is 0 Å². The number of hydrogen-bond donors (Lipinski definition) is 0. The van der Waals surface area contributed by atoms with Crippen molar-refractivity contribution in [1.82, 2.24) is 0 Å². The van der Waals surface area contributed by atoms with Gasteiger partial charge in [-0.15, -0.1) is 0 Å². The van der Waals surface area contributed by atoms with Crippen LogP contribution in [0.1, 0.15) is 6.92 Å². The van der Waals surface area contributed by atoms with Crippen molar-refractivity contribution >= 4 is 46.3 Å². The van der Waals surface area contributed by atoms with Gasteiger partial charge in [0.1, 0.15) is 0 Å². The standard InChI is InChI=1S/C5H14O3SSi.Na.H/c1-5-8-9(6,7)10(2,3)4;;/h5H2,1-4H3;;. The van der Waals surface area contributed by atoms with Crippen LogP contribution in [0.25, 0.3) is 0 Å². The second-order valence-corrected chi connectivity index (χ2v) is 13.5. The molecule has 6 heteroatoms. The molecule has 0 aromatic carbocycles. The molecule has 3 nitrogen and oxygen atoms in total. The van der Waals surface area contributed by atoms with E-state index in [4.69, 9.17) is 0 Å². The fraction of sp³-hybridized carbons (Fsp3) is 1.00. The molecule has 0 N–H and O–H groups in total. The van der Waals surface area contributed by atoms with Gasteiger partial charge in [0.15, 0.2) is 0 Å². The Morgan fingerprint density at radius 1 is 1.27 bits per heavy atom. The molecule has 0 saturated heterocycles. The van der Waals surface area contributed by atoms with Crippen LogP contribution in [0.3, 0.4) is 0 Å². The fourth-order valence-corrected chi connectivity index (χ4v) is 2.41. The van der Waals surface area contributed by atoms with Gasteiger partial charge in [-0.1, -0.05) is 19.6 Å². The summed E-state index contributed by atoms with van der Waals surface area (Å²) >= 11 is 0. The van der Waals surface area contributed by atoms with Crippen molar-refractivity contribution in [2.45, 2.75) is 26.6 Å². The summed E-state index contributed by atoms with van der Waals surface area (Å²) in [7, 11) is -5.36. The molecule has 0 atom stereocenters.